The van der Waals surface area contributed by atoms with Crippen molar-refractivity contribution < 1.29 is 14.6 Å². The van der Waals surface area contributed by atoms with Crippen LogP contribution in [-0.4, -0.2) is 71.4 Å². The van der Waals surface area contributed by atoms with Crippen LogP contribution in [0.4, 0.5) is 16.3 Å². The van der Waals surface area contributed by atoms with Crippen LogP contribution in [-0.2, 0) is 31.1 Å². The van der Waals surface area contributed by atoms with Crippen LogP contribution in [0.5, 0.6) is 6.01 Å². The van der Waals surface area contributed by atoms with E-state index >= 15 is 0 Å². The molecular formula is C33H35ClN6O3. The maximum Gasteiger partial charge on any atom is 0.407 e. The first-order valence-corrected chi connectivity index (χ1v) is 15.5. The summed E-state index contributed by atoms with van der Waals surface area (Å²) < 4.78 is 6.39. The van der Waals surface area contributed by atoms with Crippen LogP contribution in [0.3, 0.4) is 0 Å². The average molecular weight is 599 g/mol. The van der Waals surface area contributed by atoms with Gasteiger partial charge in [-0.1, -0.05) is 41.9 Å². The second-order valence-electron chi connectivity index (χ2n) is 12.3. The Morgan fingerprint density at radius 1 is 1.12 bits per heavy atom. The second-order valence-corrected chi connectivity index (χ2v) is 12.7. The largest absolute Gasteiger partial charge is 0.465 e. The Labute approximate surface area is 256 Å². The molecular weight excluding hydrogens is 564 g/mol. The second kappa shape index (κ2) is 10.9. The summed E-state index contributed by atoms with van der Waals surface area (Å²) in [6.45, 7) is 1.68. The lowest BCUT2D eigenvalue weighted by atomic mass is 9.69. The van der Waals surface area contributed by atoms with Crippen molar-refractivity contribution in [1.29, 1.82) is 5.26 Å². The highest BCUT2D eigenvalue weighted by atomic mass is 35.5. The molecule has 0 bridgehead atoms. The summed E-state index contributed by atoms with van der Waals surface area (Å²) in [5, 5.41) is 20.0. The normalized spacial score (nSPS) is 24.0. The summed E-state index contributed by atoms with van der Waals surface area (Å²) in [6.07, 6.45) is 4.63. The number of ether oxygens (including phenoxy) is 1. The molecule has 9 nitrogen and oxygen atoms in total. The van der Waals surface area contributed by atoms with E-state index in [1.807, 2.05) is 6.07 Å². The molecule has 1 N–H and O–H groups in total. The van der Waals surface area contributed by atoms with E-state index in [1.165, 1.54) is 27.3 Å². The van der Waals surface area contributed by atoms with Crippen molar-refractivity contribution in [2.75, 3.05) is 43.1 Å². The summed E-state index contributed by atoms with van der Waals surface area (Å²) in [5.74, 6) is 0.815. The first-order chi connectivity index (χ1) is 20.9. The van der Waals surface area contributed by atoms with Gasteiger partial charge in [0, 0.05) is 48.4 Å². The summed E-state index contributed by atoms with van der Waals surface area (Å²) in [7, 11) is 2.10. The monoisotopic (exact) mass is 598 g/mol. The van der Waals surface area contributed by atoms with E-state index < -0.39 is 12.1 Å². The number of likely N-dealkylation sites (N-methyl/N-ethyl adjacent to an activating group) is 1. The highest BCUT2D eigenvalue weighted by Crippen LogP contribution is 2.50. The van der Waals surface area contributed by atoms with Crippen molar-refractivity contribution >= 4 is 29.2 Å². The first-order valence-electron chi connectivity index (χ1n) is 15.1. The first kappa shape index (κ1) is 27.8. The minimum atomic E-state index is -0.990. The van der Waals surface area contributed by atoms with E-state index in [2.05, 4.69) is 59.3 Å². The summed E-state index contributed by atoms with van der Waals surface area (Å²) in [4.78, 5) is 27.7. The third-order valence-corrected chi connectivity index (χ3v) is 10.4. The molecule has 10 heteroatoms. The molecule has 2 aromatic carbocycles. The molecule has 1 amide bonds. The number of nitrogens with zero attached hydrogens (tertiary/aromatic N) is 6. The Bertz CT molecular complexity index is 1620. The molecule has 4 aliphatic rings. The van der Waals surface area contributed by atoms with Gasteiger partial charge in [-0.25, -0.2) is 4.79 Å². The number of para-hydroxylation sites is 1. The van der Waals surface area contributed by atoms with Gasteiger partial charge in [0.05, 0.1) is 30.3 Å². The van der Waals surface area contributed by atoms with Crippen LogP contribution >= 0.6 is 11.6 Å². The minimum absolute atomic E-state index is 0.0191. The molecule has 222 valence electrons. The average Bonchev–Trinajstić information content (AvgIpc) is 3.53. The third-order valence-electron chi connectivity index (χ3n) is 10.1. The topological polar surface area (TPSA) is 106 Å². The van der Waals surface area contributed by atoms with Gasteiger partial charge in [0.1, 0.15) is 12.4 Å². The Kier molecular flexibility index (Phi) is 7.05. The quantitative estimate of drug-likeness (QED) is 0.436. The Hall–Kier alpha value is -4.03. The van der Waals surface area contributed by atoms with Crippen molar-refractivity contribution in [1.82, 2.24) is 14.9 Å². The Morgan fingerprint density at radius 3 is 2.72 bits per heavy atom. The molecule has 1 spiro atoms. The van der Waals surface area contributed by atoms with Crippen molar-refractivity contribution in [3.8, 4) is 12.1 Å². The smallest absolute Gasteiger partial charge is 0.407 e. The number of amides is 1. The van der Waals surface area contributed by atoms with Crippen LogP contribution in [0.2, 0.25) is 5.02 Å². The van der Waals surface area contributed by atoms with Gasteiger partial charge in [0.15, 0.2) is 0 Å². The van der Waals surface area contributed by atoms with Crippen LogP contribution in [0.25, 0.3) is 0 Å². The van der Waals surface area contributed by atoms with Crippen molar-refractivity contribution in [3.05, 3.63) is 75.4 Å². The van der Waals surface area contributed by atoms with E-state index in [1.54, 1.807) is 0 Å². The molecule has 1 aromatic heterocycles. The fraction of sp³-hybridized carbons (Fsp3) is 0.455. The maximum absolute atomic E-state index is 11.9. The van der Waals surface area contributed by atoms with Crippen LogP contribution in [0.15, 0.2) is 42.5 Å². The number of aromatic nitrogens is 2. The lowest BCUT2D eigenvalue weighted by molar-refractivity contribution is 0.119. The zero-order chi connectivity index (χ0) is 29.7. The van der Waals surface area contributed by atoms with Gasteiger partial charge in [0.2, 0.25) is 0 Å². The van der Waals surface area contributed by atoms with Gasteiger partial charge >= 0.3 is 12.1 Å². The zero-order valence-corrected chi connectivity index (χ0v) is 25.1. The fourth-order valence-corrected chi connectivity index (χ4v) is 8.05. The number of anilines is 2. The van der Waals surface area contributed by atoms with Gasteiger partial charge in [-0.2, -0.15) is 15.2 Å². The third kappa shape index (κ3) is 4.82. The number of carbonyl (C=O) groups is 1. The van der Waals surface area contributed by atoms with E-state index in [0.29, 0.717) is 32.3 Å². The minimum Gasteiger partial charge on any atom is -0.465 e. The van der Waals surface area contributed by atoms with Crippen LogP contribution < -0.4 is 14.5 Å². The number of carboxylic acid groups (broad SMARTS) is 1. The summed E-state index contributed by atoms with van der Waals surface area (Å²) in [5.41, 5.74) is 7.22. The van der Waals surface area contributed by atoms with Crippen LogP contribution in [0.1, 0.15) is 47.2 Å². The van der Waals surface area contributed by atoms with Gasteiger partial charge in [0.25, 0.3) is 0 Å². The molecule has 1 saturated heterocycles. The maximum atomic E-state index is 11.9. The fourth-order valence-electron chi connectivity index (χ4n) is 7.78. The van der Waals surface area contributed by atoms with Crippen molar-refractivity contribution in [2.24, 2.45) is 0 Å². The number of hydrogen-bond acceptors (Lipinski definition) is 7. The van der Waals surface area contributed by atoms with E-state index in [9.17, 15) is 15.2 Å². The van der Waals surface area contributed by atoms with Crippen molar-refractivity contribution in [3.63, 3.8) is 0 Å². The van der Waals surface area contributed by atoms with Gasteiger partial charge in [-0.05, 0) is 67.3 Å². The molecule has 2 aliphatic carbocycles. The van der Waals surface area contributed by atoms with Gasteiger partial charge in [-0.15, -0.1) is 0 Å². The van der Waals surface area contributed by atoms with E-state index in [4.69, 9.17) is 26.3 Å². The summed E-state index contributed by atoms with van der Waals surface area (Å²) >= 11 is 6.62. The van der Waals surface area contributed by atoms with Crippen molar-refractivity contribution in [2.45, 2.75) is 62.4 Å². The molecule has 43 heavy (non-hydrogen) atoms. The highest BCUT2D eigenvalue weighted by Gasteiger charge is 2.44. The number of hydrogen-bond donors (Lipinski definition) is 1. The number of nitriles is 1. The lowest BCUT2D eigenvalue weighted by Gasteiger charge is -2.42. The number of rotatable bonds is 5. The Balaban J connectivity index is 1.21. The predicted octanol–water partition coefficient (Wildman–Crippen LogP) is 5.03. The van der Waals surface area contributed by atoms with Crippen LogP contribution in [0, 0.1) is 11.3 Å². The van der Waals surface area contributed by atoms with Gasteiger partial charge < -0.3 is 24.5 Å². The Morgan fingerprint density at radius 2 is 1.93 bits per heavy atom. The highest BCUT2D eigenvalue weighted by molar-refractivity contribution is 6.31. The molecule has 3 heterocycles. The molecule has 0 radical (unpaired) electrons. The van der Waals surface area contributed by atoms with E-state index in [0.717, 1.165) is 60.6 Å². The molecule has 2 aliphatic heterocycles. The molecule has 0 unspecified atom stereocenters. The predicted molar refractivity (Wildman–Crippen MR) is 164 cm³/mol. The summed E-state index contributed by atoms with van der Waals surface area (Å²) in [6, 6.07) is 17.0. The zero-order valence-electron chi connectivity index (χ0n) is 24.3. The van der Waals surface area contributed by atoms with Gasteiger partial charge in [-0.3, -0.25) is 0 Å². The molecule has 3 aromatic rings. The number of piperazine rings is 1. The SMILES string of the molecule is CN1c2ccccc2C[C@H]1COc1nc2c(c(N3CCN(C(=O)O)[C@@H](CC#N)C3)n1)CC[C@@]1(CCc3c(Cl)cccc31)C2. The molecule has 3 atom stereocenters. The number of fused-ring (bicyclic) bond motifs is 4. The number of halogens is 1. The van der Waals surface area contributed by atoms with E-state index in [-0.39, 0.29) is 17.9 Å². The molecule has 0 saturated carbocycles. The molecule has 7 rings (SSSR count). The number of benzene rings is 2. The lowest BCUT2D eigenvalue weighted by Crippen LogP contribution is -2.55. The standard InChI is InChI=1S/C33H35ClN6O3/c1-38-23(17-21-5-2-3-8-29(21)38)20-43-31-36-28-18-33(12-9-24-26(33)6-4-7-27(24)34)13-10-25(28)30(37-31)39-15-16-40(32(41)42)22(19-39)11-14-35/h2-8,22-23H,9-13,15-20H2,1H3,(H,41,42)/t22-,23-,33-/m0/s1. The molecule has 1 fully saturated rings.